The van der Waals surface area contributed by atoms with Crippen molar-refractivity contribution < 1.29 is 19.5 Å². The molecule has 3 atom stereocenters. The van der Waals surface area contributed by atoms with Crippen LogP contribution >= 0.6 is 22.9 Å². The largest absolute Gasteiger partial charge is 0.481 e. The number of carbonyl (C=O) groups excluding carboxylic acids is 2. The molecule has 2 aromatic rings. The molecule has 1 aliphatic carbocycles. The van der Waals surface area contributed by atoms with E-state index < -0.39 is 11.9 Å². The fourth-order valence-corrected chi connectivity index (χ4v) is 6.59. The Morgan fingerprint density at radius 2 is 1.94 bits per heavy atom. The number of thiazole rings is 1. The Bertz CT molecular complexity index is 1050. The molecule has 0 radical (unpaired) electrons. The number of aliphatic carboxylic acids is 1. The van der Waals surface area contributed by atoms with Gasteiger partial charge in [0.25, 0.3) is 0 Å². The van der Waals surface area contributed by atoms with E-state index in [0.29, 0.717) is 28.2 Å². The zero-order valence-electron chi connectivity index (χ0n) is 19.2. The highest BCUT2D eigenvalue weighted by Gasteiger charge is 2.42. The number of nitrogens with one attached hydrogen (secondary N) is 1. The topological polar surface area (TPSA) is 99.6 Å². The molecule has 2 fully saturated rings. The van der Waals surface area contributed by atoms with Gasteiger partial charge in [0.2, 0.25) is 11.8 Å². The van der Waals surface area contributed by atoms with E-state index in [0.717, 1.165) is 37.7 Å². The Kier molecular flexibility index (Phi) is 7.88. The van der Waals surface area contributed by atoms with Crippen molar-refractivity contribution in [3.63, 3.8) is 0 Å². The molecule has 9 heteroatoms. The minimum atomic E-state index is -0.962. The standard InChI is InChI=1S/C25H30ClN3O4S/c1-15(30)27-17-10-11-18(16-6-2-3-7-16)20(12-23(31)32)24(33)29(13-17)25-28-22(14-34-25)19-8-4-5-9-21(19)26/h4-5,8-9,14,16-18,20H,2-3,6-7,10-13H2,1H3,(H,27,30)(H,31,32)/t17-,18-,20+/m1/s1. The highest BCUT2D eigenvalue weighted by Crippen LogP contribution is 2.42. The summed E-state index contributed by atoms with van der Waals surface area (Å²) < 4.78 is 0. The number of aromatic nitrogens is 1. The van der Waals surface area contributed by atoms with Gasteiger partial charge in [-0.05, 0) is 30.7 Å². The lowest BCUT2D eigenvalue weighted by Gasteiger charge is -2.38. The monoisotopic (exact) mass is 503 g/mol. The summed E-state index contributed by atoms with van der Waals surface area (Å²) in [5.74, 6) is -1.61. The predicted octanol–water partition coefficient (Wildman–Crippen LogP) is 4.99. The maximum atomic E-state index is 13.9. The molecule has 1 saturated heterocycles. The lowest BCUT2D eigenvalue weighted by Crippen LogP contribution is -2.51. The van der Waals surface area contributed by atoms with Crippen LogP contribution in [0.5, 0.6) is 0 Å². The third-order valence-electron chi connectivity index (χ3n) is 7.03. The molecular formula is C25H30ClN3O4S. The number of carbonyl (C=O) groups is 3. The minimum absolute atomic E-state index is 0.0202. The first kappa shape index (κ1) is 24.7. The van der Waals surface area contributed by atoms with Crippen LogP contribution in [0.4, 0.5) is 5.13 Å². The first-order chi connectivity index (χ1) is 16.3. The van der Waals surface area contributed by atoms with Gasteiger partial charge in [0.15, 0.2) is 5.13 Å². The van der Waals surface area contributed by atoms with Crippen LogP contribution in [0.15, 0.2) is 29.6 Å². The van der Waals surface area contributed by atoms with E-state index in [-0.39, 0.29) is 36.7 Å². The van der Waals surface area contributed by atoms with Gasteiger partial charge in [-0.1, -0.05) is 55.5 Å². The third-order valence-corrected chi connectivity index (χ3v) is 8.22. The second-order valence-corrected chi connectivity index (χ2v) is 10.6. The number of carboxylic acids is 1. The normalized spacial score (nSPS) is 24.0. The molecule has 34 heavy (non-hydrogen) atoms. The molecular weight excluding hydrogens is 474 g/mol. The number of halogens is 1. The van der Waals surface area contributed by atoms with Crippen LogP contribution in [0.2, 0.25) is 5.02 Å². The Labute approximate surface area is 208 Å². The Hall–Kier alpha value is -2.45. The number of carboxylic acid groups (broad SMARTS) is 1. The molecule has 1 aliphatic heterocycles. The summed E-state index contributed by atoms with van der Waals surface area (Å²) in [6.45, 7) is 1.74. The SMILES string of the molecule is CC(=O)N[C@@H]1CC[C@H](C2CCCC2)[C@H](CC(=O)O)C(=O)N(c2nc(-c3ccccc3Cl)cs2)C1. The van der Waals surface area contributed by atoms with Crippen molar-refractivity contribution in [2.45, 2.75) is 57.9 Å². The lowest BCUT2D eigenvalue weighted by atomic mass is 9.74. The van der Waals surface area contributed by atoms with Crippen LogP contribution in [-0.4, -0.2) is 40.5 Å². The minimum Gasteiger partial charge on any atom is -0.481 e. The Balaban J connectivity index is 1.70. The number of benzene rings is 1. The Morgan fingerprint density at radius 3 is 2.62 bits per heavy atom. The number of anilines is 1. The first-order valence-corrected chi connectivity index (χ1v) is 13.1. The van der Waals surface area contributed by atoms with E-state index in [9.17, 15) is 19.5 Å². The van der Waals surface area contributed by atoms with Crippen LogP contribution < -0.4 is 10.2 Å². The first-order valence-electron chi connectivity index (χ1n) is 11.8. The lowest BCUT2D eigenvalue weighted by molar-refractivity contribution is -0.142. The molecule has 0 bridgehead atoms. The van der Waals surface area contributed by atoms with Crippen LogP contribution in [0, 0.1) is 17.8 Å². The molecule has 182 valence electrons. The van der Waals surface area contributed by atoms with E-state index in [2.05, 4.69) is 5.32 Å². The van der Waals surface area contributed by atoms with Gasteiger partial charge in [-0.15, -0.1) is 11.3 Å². The van der Waals surface area contributed by atoms with Crippen molar-refractivity contribution in [1.29, 1.82) is 0 Å². The maximum absolute atomic E-state index is 13.9. The fraction of sp³-hybridized carbons (Fsp3) is 0.520. The average Bonchev–Trinajstić information content (AvgIpc) is 3.47. The zero-order chi connectivity index (χ0) is 24.2. The molecule has 0 spiro atoms. The Morgan fingerprint density at radius 1 is 1.21 bits per heavy atom. The molecule has 4 rings (SSSR count). The summed E-state index contributed by atoms with van der Waals surface area (Å²) in [6.07, 6.45) is 5.51. The number of amides is 2. The summed E-state index contributed by atoms with van der Waals surface area (Å²) in [5.41, 5.74) is 1.44. The van der Waals surface area contributed by atoms with Crippen molar-refractivity contribution in [2.75, 3.05) is 11.4 Å². The van der Waals surface area contributed by atoms with Gasteiger partial charge in [-0.2, -0.15) is 0 Å². The smallest absolute Gasteiger partial charge is 0.304 e. The molecule has 2 aliphatic rings. The van der Waals surface area contributed by atoms with E-state index in [1.54, 1.807) is 11.0 Å². The molecule has 0 unspecified atom stereocenters. The number of nitrogens with zero attached hydrogens (tertiary/aromatic N) is 2. The van der Waals surface area contributed by atoms with Gasteiger partial charge in [0.05, 0.1) is 18.0 Å². The molecule has 2 amide bonds. The van der Waals surface area contributed by atoms with E-state index >= 15 is 0 Å². The van der Waals surface area contributed by atoms with Crippen molar-refractivity contribution in [2.24, 2.45) is 17.8 Å². The van der Waals surface area contributed by atoms with Gasteiger partial charge in [0, 0.05) is 35.5 Å². The summed E-state index contributed by atoms with van der Waals surface area (Å²) in [5, 5.41) is 15.6. The molecule has 1 saturated carbocycles. The van der Waals surface area contributed by atoms with Gasteiger partial charge in [-0.25, -0.2) is 4.98 Å². The quantitative estimate of drug-likeness (QED) is 0.578. The molecule has 7 nitrogen and oxygen atoms in total. The summed E-state index contributed by atoms with van der Waals surface area (Å²) in [6, 6.07) is 7.17. The van der Waals surface area contributed by atoms with E-state index in [1.807, 2.05) is 23.6 Å². The summed E-state index contributed by atoms with van der Waals surface area (Å²) in [7, 11) is 0. The fourth-order valence-electron chi connectivity index (χ4n) is 5.51. The van der Waals surface area contributed by atoms with E-state index in [4.69, 9.17) is 16.6 Å². The second kappa shape index (κ2) is 10.9. The van der Waals surface area contributed by atoms with Gasteiger partial charge >= 0.3 is 5.97 Å². The van der Waals surface area contributed by atoms with Crippen LogP contribution in [0.3, 0.4) is 0 Å². The van der Waals surface area contributed by atoms with E-state index in [1.165, 1.54) is 18.3 Å². The van der Waals surface area contributed by atoms with Crippen molar-refractivity contribution in [1.82, 2.24) is 10.3 Å². The van der Waals surface area contributed by atoms with Crippen LogP contribution in [0.1, 0.15) is 51.9 Å². The number of hydrogen-bond acceptors (Lipinski definition) is 5. The molecule has 2 N–H and O–H groups in total. The highest BCUT2D eigenvalue weighted by molar-refractivity contribution is 7.14. The summed E-state index contributed by atoms with van der Waals surface area (Å²) in [4.78, 5) is 43.9. The van der Waals surface area contributed by atoms with Crippen LogP contribution in [0.25, 0.3) is 11.3 Å². The van der Waals surface area contributed by atoms with Gasteiger partial charge < -0.3 is 10.4 Å². The summed E-state index contributed by atoms with van der Waals surface area (Å²) >= 11 is 7.68. The maximum Gasteiger partial charge on any atom is 0.304 e. The number of hydrogen-bond donors (Lipinski definition) is 2. The van der Waals surface area contributed by atoms with Gasteiger partial charge in [0.1, 0.15) is 0 Å². The van der Waals surface area contributed by atoms with Gasteiger partial charge in [-0.3, -0.25) is 19.3 Å². The van der Waals surface area contributed by atoms with Crippen molar-refractivity contribution in [3.05, 3.63) is 34.7 Å². The average molecular weight is 504 g/mol. The predicted molar refractivity (Wildman–Crippen MR) is 133 cm³/mol. The third kappa shape index (κ3) is 5.61. The molecule has 1 aromatic carbocycles. The van der Waals surface area contributed by atoms with Crippen molar-refractivity contribution >= 4 is 45.9 Å². The van der Waals surface area contributed by atoms with Crippen molar-refractivity contribution in [3.8, 4) is 11.3 Å². The molecule has 1 aromatic heterocycles. The number of rotatable bonds is 6. The zero-order valence-corrected chi connectivity index (χ0v) is 20.8. The highest BCUT2D eigenvalue weighted by atomic mass is 35.5. The second-order valence-electron chi connectivity index (χ2n) is 9.33. The van der Waals surface area contributed by atoms with Crippen LogP contribution in [-0.2, 0) is 14.4 Å². The molecule has 2 heterocycles.